The van der Waals surface area contributed by atoms with Crippen molar-refractivity contribution in [3.8, 4) is 11.6 Å². The van der Waals surface area contributed by atoms with Crippen molar-refractivity contribution in [1.82, 2.24) is 4.98 Å². The monoisotopic (exact) mass is 681 g/mol. The largest absolute Gasteiger partial charge is 0.512 e. The van der Waals surface area contributed by atoms with Gasteiger partial charge in [-0.1, -0.05) is 61.5 Å². The molecule has 1 heterocycles. The molecule has 203 valence electrons. The molecule has 2 aromatic carbocycles. The summed E-state index contributed by atoms with van der Waals surface area (Å²) in [6.07, 6.45) is 4.79. The zero-order valence-electron chi connectivity index (χ0n) is 23.7. The maximum Gasteiger partial charge on any atom is 0.224 e. The number of aromatic nitrogens is 1. The van der Waals surface area contributed by atoms with Crippen LogP contribution in [0.15, 0.2) is 60.5 Å². The number of ketones is 1. The molecule has 0 atom stereocenters. The third-order valence-electron chi connectivity index (χ3n) is 7.13. The first-order chi connectivity index (χ1) is 16.8. The van der Waals surface area contributed by atoms with Gasteiger partial charge >= 0.3 is 0 Å². The fourth-order valence-electron chi connectivity index (χ4n) is 3.52. The number of aliphatic hydroxyl groups is 1. The van der Waals surface area contributed by atoms with Crippen LogP contribution in [0.3, 0.4) is 0 Å². The number of benzene rings is 2. The van der Waals surface area contributed by atoms with Gasteiger partial charge in [0, 0.05) is 54.3 Å². The molecule has 3 rings (SSSR count). The van der Waals surface area contributed by atoms with Crippen LogP contribution in [0.5, 0.6) is 11.6 Å². The van der Waals surface area contributed by atoms with Crippen LogP contribution in [-0.2, 0) is 24.9 Å². The fourth-order valence-corrected chi connectivity index (χ4v) is 3.52. The summed E-state index contributed by atoms with van der Waals surface area (Å²) >= 11 is 0. The van der Waals surface area contributed by atoms with Gasteiger partial charge in [0.15, 0.2) is 5.78 Å². The standard InChI is InChI=1S/C19H18NO.C13H24O2.Ir/c1-13(2)16-9-10-18-17(14(16)3)11-12-20-19(18)21-15-7-5-4-6-8-15;1-7-12(3,4)10(14)9-11(15)13(5,6)8-2;/h4-7,9-13H,1-3H3;9,14H,7-8H2,1-6H3;/q-1;;/b;10-9-;. The van der Waals surface area contributed by atoms with Crippen molar-refractivity contribution in [3.05, 3.63) is 77.7 Å². The van der Waals surface area contributed by atoms with Gasteiger partial charge in [-0.3, -0.25) is 4.79 Å². The molecule has 5 heteroatoms. The summed E-state index contributed by atoms with van der Waals surface area (Å²) < 4.78 is 5.88. The number of hydrogen-bond donors (Lipinski definition) is 1. The zero-order valence-corrected chi connectivity index (χ0v) is 26.1. The molecular weight excluding hydrogens is 639 g/mol. The zero-order chi connectivity index (χ0) is 27.1. The van der Waals surface area contributed by atoms with E-state index in [1.165, 1.54) is 22.6 Å². The maximum absolute atomic E-state index is 11.8. The van der Waals surface area contributed by atoms with Crippen LogP contribution in [0, 0.1) is 23.8 Å². The summed E-state index contributed by atoms with van der Waals surface area (Å²) in [6.45, 7) is 18.2. The molecule has 37 heavy (non-hydrogen) atoms. The van der Waals surface area contributed by atoms with Gasteiger partial charge in [-0.15, -0.1) is 12.1 Å². The predicted octanol–water partition coefficient (Wildman–Crippen LogP) is 9.13. The van der Waals surface area contributed by atoms with Crippen molar-refractivity contribution in [2.75, 3.05) is 0 Å². The van der Waals surface area contributed by atoms with Gasteiger partial charge in [-0.2, -0.15) is 18.2 Å². The van der Waals surface area contributed by atoms with Gasteiger partial charge in [0.25, 0.3) is 0 Å². The van der Waals surface area contributed by atoms with E-state index < -0.39 is 0 Å². The van der Waals surface area contributed by atoms with E-state index in [1.807, 2.05) is 65.8 Å². The molecule has 0 saturated carbocycles. The van der Waals surface area contributed by atoms with Gasteiger partial charge in [-0.05, 0) is 54.3 Å². The number of ether oxygens (including phenoxy) is 1. The van der Waals surface area contributed by atoms with Gasteiger partial charge < -0.3 is 9.84 Å². The van der Waals surface area contributed by atoms with Crippen molar-refractivity contribution in [2.45, 2.75) is 81.1 Å². The molecule has 1 radical (unpaired) electrons. The SMILES string of the molecule is CCC(C)(C)C(=O)/C=C(\O)C(C)(C)CC.Cc1c(C(C)C)ccc2c(Oc3[c-]cccc3)nccc12.[Ir]. The molecule has 0 saturated heterocycles. The average Bonchev–Trinajstić information content (AvgIpc) is 2.85. The predicted molar refractivity (Wildman–Crippen MR) is 150 cm³/mol. The smallest absolute Gasteiger partial charge is 0.224 e. The summed E-state index contributed by atoms with van der Waals surface area (Å²) in [5.74, 6) is 2.02. The number of para-hydroxylation sites is 1. The van der Waals surface area contributed by atoms with E-state index in [2.05, 4.69) is 50.0 Å². The summed E-state index contributed by atoms with van der Waals surface area (Å²) in [5, 5.41) is 12.1. The van der Waals surface area contributed by atoms with Crippen molar-refractivity contribution in [1.29, 1.82) is 0 Å². The van der Waals surface area contributed by atoms with E-state index in [0.29, 0.717) is 17.5 Å². The van der Waals surface area contributed by atoms with Crippen molar-refractivity contribution in [2.24, 2.45) is 10.8 Å². The molecule has 1 N–H and O–H groups in total. The van der Waals surface area contributed by atoms with E-state index in [-0.39, 0.29) is 42.5 Å². The Balaban J connectivity index is 0.000000384. The molecule has 0 aliphatic heterocycles. The molecule has 0 aliphatic carbocycles. The van der Waals surface area contributed by atoms with Gasteiger partial charge in [0.05, 0.1) is 0 Å². The normalized spacial score (nSPS) is 12.0. The Morgan fingerprint density at radius 2 is 1.68 bits per heavy atom. The molecular formula is C32H42IrNO3-. The summed E-state index contributed by atoms with van der Waals surface area (Å²) in [6, 6.07) is 17.0. The topological polar surface area (TPSA) is 59.4 Å². The van der Waals surface area contributed by atoms with Crippen molar-refractivity contribution in [3.63, 3.8) is 0 Å². The van der Waals surface area contributed by atoms with Gasteiger partial charge in [-0.25, -0.2) is 4.98 Å². The molecule has 0 fully saturated rings. The minimum absolute atomic E-state index is 0. The summed E-state index contributed by atoms with van der Waals surface area (Å²) in [4.78, 5) is 16.2. The van der Waals surface area contributed by atoms with E-state index in [4.69, 9.17) is 4.74 Å². The van der Waals surface area contributed by atoms with Crippen LogP contribution in [0.25, 0.3) is 10.8 Å². The van der Waals surface area contributed by atoms with E-state index >= 15 is 0 Å². The van der Waals surface area contributed by atoms with E-state index in [1.54, 1.807) is 6.20 Å². The van der Waals surface area contributed by atoms with Crippen molar-refractivity contribution >= 4 is 16.6 Å². The van der Waals surface area contributed by atoms with Crippen LogP contribution in [0.4, 0.5) is 0 Å². The second-order valence-electron chi connectivity index (χ2n) is 10.8. The number of aliphatic hydroxyl groups excluding tert-OH is 1. The van der Waals surface area contributed by atoms with Crippen LogP contribution >= 0.6 is 0 Å². The maximum atomic E-state index is 11.8. The summed E-state index contributed by atoms with van der Waals surface area (Å²) in [5.41, 5.74) is 1.98. The average molecular weight is 681 g/mol. The second-order valence-corrected chi connectivity index (χ2v) is 10.8. The Bertz CT molecular complexity index is 1200. The number of fused-ring (bicyclic) bond motifs is 1. The van der Waals surface area contributed by atoms with Crippen LogP contribution in [-0.4, -0.2) is 15.9 Å². The number of rotatable bonds is 8. The third kappa shape index (κ3) is 8.51. The molecule has 0 bridgehead atoms. The molecule has 0 amide bonds. The Labute approximate surface area is 236 Å². The molecule has 4 nitrogen and oxygen atoms in total. The molecule has 3 aromatic rings. The Hall–Kier alpha value is -2.49. The van der Waals surface area contributed by atoms with Crippen molar-refractivity contribution < 1.29 is 34.7 Å². The van der Waals surface area contributed by atoms with E-state index in [9.17, 15) is 9.90 Å². The fraction of sp³-hybridized carbons (Fsp3) is 0.438. The minimum Gasteiger partial charge on any atom is -0.512 e. The number of carbonyl (C=O) groups excluding carboxylic acids is 1. The molecule has 0 unspecified atom stereocenters. The van der Waals surface area contributed by atoms with Gasteiger partial charge in [0.1, 0.15) is 5.76 Å². The van der Waals surface area contributed by atoms with Crippen LogP contribution < -0.4 is 4.74 Å². The minimum atomic E-state index is -0.377. The van der Waals surface area contributed by atoms with Gasteiger partial charge in [0.2, 0.25) is 5.88 Å². The van der Waals surface area contributed by atoms with Crippen LogP contribution in [0.2, 0.25) is 0 Å². The molecule has 1 aromatic heterocycles. The Morgan fingerprint density at radius 3 is 2.22 bits per heavy atom. The van der Waals surface area contributed by atoms with E-state index in [0.717, 1.165) is 18.2 Å². The second kappa shape index (κ2) is 13.9. The third-order valence-corrected chi connectivity index (χ3v) is 7.13. The van der Waals surface area contributed by atoms with Crippen LogP contribution in [0.1, 0.15) is 85.3 Å². The molecule has 0 aliphatic rings. The number of aryl methyl sites for hydroxylation is 1. The molecule has 0 spiro atoms. The Kier molecular flexibility index (Phi) is 12.2. The number of pyridine rings is 1. The number of nitrogens with zero attached hydrogens (tertiary/aromatic N) is 1. The summed E-state index contributed by atoms with van der Waals surface area (Å²) in [7, 11) is 0. The Morgan fingerprint density at radius 1 is 1.03 bits per heavy atom. The number of allylic oxidation sites excluding steroid dienone is 2. The number of hydrogen-bond acceptors (Lipinski definition) is 4. The quantitative estimate of drug-likeness (QED) is 0.147. The number of carbonyl (C=O) groups is 1. The first-order valence-corrected chi connectivity index (χ1v) is 12.8. The first kappa shape index (κ1) is 32.5. The first-order valence-electron chi connectivity index (χ1n) is 12.8.